The standard InChI is InChI=1S/C9H11F3O/c1-2-7-4-3-5-8(6-7)13-9(10,11)12/h3-5,7H,2,6H2,1H3. The Hall–Kier alpha value is -0.930. The lowest BCUT2D eigenvalue weighted by atomic mass is 9.97. The van der Waals surface area contributed by atoms with Crippen molar-refractivity contribution < 1.29 is 17.9 Å². The normalized spacial score (nSPS) is 22.8. The van der Waals surface area contributed by atoms with Crippen LogP contribution in [0, 0.1) is 5.92 Å². The summed E-state index contributed by atoms with van der Waals surface area (Å²) in [4.78, 5) is 0. The van der Waals surface area contributed by atoms with Crippen molar-refractivity contribution in [3.63, 3.8) is 0 Å². The van der Waals surface area contributed by atoms with Gasteiger partial charge in [0.25, 0.3) is 0 Å². The summed E-state index contributed by atoms with van der Waals surface area (Å²) >= 11 is 0. The Morgan fingerprint density at radius 1 is 1.54 bits per heavy atom. The molecule has 4 heteroatoms. The largest absolute Gasteiger partial charge is 0.572 e. The van der Waals surface area contributed by atoms with E-state index in [-0.39, 0.29) is 11.7 Å². The van der Waals surface area contributed by atoms with Crippen LogP contribution in [0.25, 0.3) is 0 Å². The van der Waals surface area contributed by atoms with Crippen molar-refractivity contribution in [2.45, 2.75) is 26.1 Å². The number of hydrogen-bond acceptors (Lipinski definition) is 1. The lowest BCUT2D eigenvalue weighted by Crippen LogP contribution is -2.15. The summed E-state index contributed by atoms with van der Waals surface area (Å²) in [6.45, 7) is 1.94. The van der Waals surface area contributed by atoms with Crippen molar-refractivity contribution >= 4 is 0 Å². The Bertz CT molecular complexity index is 228. The fraction of sp³-hybridized carbons (Fsp3) is 0.556. The minimum atomic E-state index is -4.56. The molecule has 74 valence electrons. The third kappa shape index (κ3) is 3.53. The van der Waals surface area contributed by atoms with E-state index in [4.69, 9.17) is 0 Å². The van der Waals surface area contributed by atoms with Gasteiger partial charge in [0.2, 0.25) is 0 Å². The van der Waals surface area contributed by atoms with E-state index in [0.717, 1.165) is 6.42 Å². The third-order valence-electron chi connectivity index (χ3n) is 1.90. The van der Waals surface area contributed by atoms with Gasteiger partial charge >= 0.3 is 6.36 Å². The molecule has 0 bridgehead atoms. The summed E-state index contributed by atoms with van der Waals surface area (Å²) in [5.41, 5.74) is 0. The average molecular weight is 192 g/mol. The number of allylic oxidation sites excluding steroid dienone is 4. The van der Waals surface area contributed by atoms with Gasteiger partial charge < -0.3 is 4.74 Å². The topological polar surface area (TPSA) is 9.23 Å². The maximum Gasteiger partial charge on any atom is 0.572 e. The van der Waals surface area contributed by atoms with E-state index in [1.807, 2.05) is 13.0 Å². The predicted octanol–water partition coefficient (Wildman–Crippen LogP) is 3.39. The van der Waals surface area contributed by atoms with E-state index in [1.54, 1.807) is 6.08 Å². The Labute approximate surface area is 74.9 Å². The summed E-state index contributed by atoms with van der Waals surface area (Å²) in [7, 11) is 0. The van der Waals surface area contributed by atoms with Crippen LogP contribution in [0.4, 0.5) is 13.2 Å². The fourth-order valence-electron chi connectivity index (χ4n) is 1.22. The zero-order valence-electron chi connectivity index (χ0n) is 7.27. The van der Waals surface area contributed by atoms with Gasteiger partial charge in [0.15, 0.2) is 0 Å². The highest BCUT2D eigenvalue weighted by Crippen LogP contribution is 2.28. The highest BCUT2D eigenvalue weighted by Gasteiger charge is 2.32. The van der Waals surface area contributed by atoms with Crippen molar-refractivity contribution in [3.8, 4) is 0 Å². The molecule has 1 aliphatic carbocycles. The lowest BCUT2D eigenvalue weighted by Gasteiger charge is -2.18. The summed E-state index contributed by atoms with van der Waals surface area (Å²) in [5, 5.41) is 0. The highest BCUT2D eigenvalue weighted by molar-refractivity contribution is 5.15. The van der Waals surface area contributed by atoms with Gasteiger partial charge in [-0.25, -0.2) is 0 Å². The molecule has 0 N–H and O–H groups in total. The van der Waals surface area contributed by atoms with Crippen LogP contribution in [-0.4, -0.2) is 6.36 Å². The van der Waals surface area contributed by atoms with E-state index in [2.05, 4.69) is 4.74 Å². The average Bonchev–Trinajstić information content (AvgIpc) is 2.01. The molecule has 0 aromatic carbocycles. The zero-order chi connectivity index (χ0) is 9.90. The number of rotatable bonds is 2. The van der Waals surface area contributed by atoms with Crippen molar-refractivity contribution in [1.29, 1.82) is 0 Å². The lowest BCUT2D eigenvalue weighted by molar-refractivity contribution is -0.306. The molecule has 0 amide bonds. The maximum absolute atomic E-state index is 11.8. The monoisotopic (exact) mass is 192 g/mol. The minimum absolute atomic E-state index is 0.00171. The highest BCUT2D eigenvalue weighted by atomic mass is 19.4. The van der Waals surface area contributed by atoms with Gasteiger partial charge in [-0.2, -0.15) is 0 Å². The molecule has 0 spiro atoms. The van der Waals surface area contributed by atoms with Gasteiger partial charge in [-0.05, 0) is 18.4 Å². The van der Waals surface area contributed by atoms with E-state index in [1.165, 1.54) is 6.08 Å². The van der Waals surface area contributed by atoms with E-state index < -0.39 is 6.36 Å². The Morgan fingerprint density at radius 2 is 2.23 bits per heavy atom. The molecule has 1 aliphatic rings. The minimum Gasteiger partial charge on any atom is -0.410 e. The third-order valence-corrected chi connectivity index (χ3v) is 1.90. The summed E-state index contributed by atoms with van der Waals surface area (Å²) in [6, 6.07) is 0. The van der Waals surface area contributed by atoms with Crippen LogP contribution in [0.2, 0.25) is 0 Å². The second kappa shape index (κ2) is 3.85. The molecule has 1 nitrogen and oxygen atoms in total. The van der Waals surface area contributed by atoms with E-state index in [9.17, 15) is 13.2 Å². The quantitative estimate of drug-likeness (QED) is 0.651. The molecule has 0 aliphatic heterocycles. The van der Waals surface area contributed by atoms with Crippen molar-refractivity contribution in [2.75, 3.05) is 0 Å². The molecule has 0 fully saturated rings. The summed E-state index contributed by atoms with van der Waals surface area (Å²) in [5.74, 6) is 0.171. The molecule has 1 atom stereocenters. The molecule has 0 saturated heterocycles. The van der Waals surface area contributed by atoms with Crippen molar-refractivity contribution in [2.24, 2.45) is 5.92 Å². The Morgan fingerprint density at radius 3 is 2.77 bits per heavy atom. The summed E-state index contributed by atoms with van der Waals surface area (Å²) < 4.78 is 39.2. The molecule has 0 aromatic rings. The maximum atomic E-state index is 11.8. The van der Waals surface area contributed by atoms with Crippen molar-refractivity contribution in [3.05, 3.63) is 24.0 Å². The zero-order valence-corrected chi connectivity index (χ0v) is 7.27. The Kier molecular flexibility index (Phi) is 3.01. The smallest absolute Gasteiger partial charge is 0.410 e. The van der Waals surface area contributed by atoms with Gasteiger partial charge in [-0.1, -0.05) is 19.1 Å². The first-order valence-corrected chi connectivity index (χ1v) is 4.14. The van der Waals surface area contributed by atoms with Gasteiger partial charge in [0.05, 0.1) is 0 Å². The van der Waals surface area contributed by atoms with E-state index in [0.29, 0.717) is 6.42 Å². The van der Waals surface area contributed by atoms with Gasteiger partial charge in [-0.15, -0.1) is 13.2 Å². The molecule has 0 saturated carbocycles. The number of hydrogen-bond donors (Lipinski definition) is 0. The van der Waals surface area contributed by atoms with Crippen LogP contribution in [-0.2, 0) is 4.74 Å². The molecule has 1 unspecified atom stereocenters. The second-order valence-electron chi connectivity index (χ2n) is 2.94. The van der Waals surface area contributed by atoms with Gasteiger partial charge in [-0.3, -0.25) is 0 Å². The molecule has 1 rings (SSSR count). The summed E-state index contributed by atoms with van der Waals surface area (Å²) in [6.07, 6.45) is 1.47. The first-order valence-electron chi connectivity index (χ1n) is 4.14. The SMILES string of the molecule is CCC1C=CC=C(OC(F)(F)F)C1. The first kappa shape index (κ1) is 10.2. The Balaban J connectivity index is 2.53. The molecular formula is C9H11F3O. The van der Waals surface area contributed by atoms with Crippen LogP contribution < -0.4 is 0 Å². The molecule has 0 radical (unpaired) electrons. The first-order chi connectivity index (χ1) is 6.01. The van der Waals surface area contributed by atoms with Crippen LogP contribution in [0.15, 0.2) is 24.0 Å². The van der Waals surface area contributed by atoms with Gasteiger partial charge in [0.1, 0.15) is 5.76 Å². The number of alkyl halides is 3. The second-order valence-corrected chi connectivity index (χ2v) is 2.94. The van der Waals surface area contributed by atoms with E-state index >= 15 is 0 Å². The van der Waals surface area contributed by atoms with Gasteiger partial charge in [0, 0.05) is 6.42 Å². The molecule has 0 aromatic heterocycles. The fourth-order valence-corrected chi connectivity index (χ4v) is 1.22. The molecule has 13 heavy (non-hydrogen) atoms. The van der Waals surface area contributed by atoms with Crippen LogP contribution in [0.5, 0.6) is 0 Å². The molecular weight excluding hydrogens is 181 g/mol. The van der Waals surface area contributed by atoms with Crippen LogP contribution >= 0.6 is 0 Å². The number of halogens is 3. The number of ether oxygens (including phenoxy) is 1. The molecule has 0 heterocycles. The van der Waals surface area contributed by atoms with Crippen LogP contribution in [0.3, 0.4) is 0 Å². The van der Waals surface area contributed by atoms with Crippen molar-refractivity contribution in [1.82, 2.24) is 0 Å². The van der Waals surface area contributed by atoms with Crippen LogP contribution in [0.1, 0.15) is 19.8 Å². The predicted molar refractivity (Wildman–Crippen MR) is 42.8 cm³/mol.